The van der Waals surface area contributed by atoms with Gasteiger partial charge in [-0.1, -0.05) is 6.92 Å². The highest BCUT2D eigenvalue weighted by Crippen LogP contribution is 2.58. The van der Waals surface area contributed by atoms with Gasteiger partial charge in [-0.2, -0.15) is 0 Å². The molecule has 3 rings (SSSR count). The zero-order valence-electron chi connectivity index (χ0n) is 18.7. The summed E-state index contributed by atoms with van der Waals surface area (Å²) in [5, 5.41) is -1.11. The first-order valence-corrected chi connectivity index (χ1v) is 13.2. The third kappa shape index (κ3) is 5.02. The summed E-state index contributed by atoms with van der Waals surface area (Å²) in [6, 6.07) is -1.01. The van der Waals surface area contributed by atoms with Gasteiger partial charge in [-0.25, -0.2) is 0 Å². The summed E-state index contributed by atoms with van der Waals surface area (Å²) in [5.74, 6) is 0. The van der Waals surface area contributed by atoms with Crippen molar-refractivity contribution in [2.45, 2.75) is 107 Å². The molecular formula is C19H33B2O7PS. The Morgan fingerprint density at radius 1 is 1.20 bits per heavy atom. The Hall–Kier alpha value is 0.500. The molecule has 4 radical (unpaired) electrons. The van der Waals surface area contributed by atoms with E-state index in [1.807, 2.05) is 27.7 Å². The first kappa shape index (κ1) is 25.1. The predicted octanol–water partition coefficient (Wildman–Crippen LogP) is 1.97. The minimum absolute atomic E-state index is 0.00357. The number of hydrogen-bond donors (Lipinski definition) is 1. The summed E-state index contributed by atoms with van der Waals surface area (Å²) in [4.78, 5) is 11.1. The summed E-state index contributed by atoms with van der Waals surface area (Å²) < 4.78 is 35.8. The van der Waals surface area contributed by atoms with Crippen molar-refractivity contribution < 1.29 is 33.1 Å². The number of ether oxygens (including phenoxy) is 5. The van der Waals surface area contributed by atoms with Crippen molar-refractivity contribution in [1.82, 2.24) is 0 Å². The van der Waals surface area contributed by atoms with Crippen molar-refractivity contribution in [3.8, 4) is 0 Å². The maximum Gasteiger partial charge on any atom is 0.217 e. The van der Waals surface area contributed by atoms with E-state index in [1.54, 1.807) is 13.8 Å². The smallest absolute Gasteiger partial charge is 0.217 e. The molecule has 3 aliphatic heterocycles. The van der Waals surface area contributed by atoms with Crippen LogP contribution in [0.1, 0.15) is 54.4 Å². The largest absolute Gasteiger partial charge is 0.382 e. The number of hydrogen-bond acceptors (Lipinski definition) is 7. The molecule has 30 heavy (non-hydrogen) atoms. The average molecular weight is 458 g/mol. The molecule has 0 aromatic carbocycles. The summed E-state index contributed by atoms with van der Waals surface area (Å²) in [6.07, 6.45) is 0.0774. The fourth-order valence-corrected chi connectivity index (χ4v) is 5.41. The van der Waals surface area contributed by atoms with Crippen molar-refractivity contribution in [2.75, 3.05) is 13.2 Å². The van der Waals surface area contributed by atoms with Gasteiger partial charge in [-0.05, 0) is 59.3 Å². The number of fused-ring (bicyclic) bond motifs is 2. The van der Waals surface area contributed by atoms with Crippen molar-refractivity contribution in [3.63, 3.8) is 0 Å². The molecule has 2 bridgehead atoms. The molecule has 1 N–H and O–H groups in total. The highest BCUT2D eigenvalue weighted by atomic mass is 32.5. The van der Waals surface area contributed by atoms with Gasteiger partial charge < -0.3 is 33.1 Å². The molecule has 0 spiro atoms. The molecule has 0 saturated carbocycles. The first-order chi connectivity index (χ1) is 13.7. The van der Waals surface area contributed by atoms with E-state index in [2.05, 4.69) is 0 Å². The Labute approximate surface area is 187 Å². The molecule has 0 aliphatic carbocycles. The van der Waals surface area contributed by atoms with Crippen molar-refractivity contribution in [3.05, 3.63) is 0 Å². The molecule has 8 atom stereocenters. The molecular weight excluding hydrogens is 425 g/mol. The summed E-state index contributed by atoms with van der Waals surface area (Å²) in [6.45, 7) is 8.18. The lowest BCUT2D eigenvalue weighted by atomic mass is 9.91. The van der Waals surface area contributed by atoms with Crippen molar-refractivity contribution >= 4 is 34.0 Å². The fourth-order valence-electron chi connectivity index (χ4n) is 4.15. The highest BCUT2D eigenvalue weighted by molar-refractivity contribution is 8.10. The standard InChI is InChI=1S/C19H33B2O7PS/c1-7-11-12(8-13(20)25-11)26-18(5,6)29(22,30)24-10-19-9-23-14(16(21)28-19)15(19)27-17(2,3)4/h11-16H,7-10H2,1-6H3,(H,22,30). The van der Waals surface area contributed by atoms with Crippen LogP contribution < -0.4 is 0 Å². The van der Waals surface area contributed by atoms with Crippen LogP contribution in [-0.2, 0) is 40.0 Å². The Morgan fingerprint density at radius 2 is 1.87 bits per heavy atom. The van der Waals surface area contributed by atoms with E-state index >= 15 is 0 Å². The molecule has 168 valence electrons. The third-order valence-electron chi connectivity index (χ3n) is 5.75. The van der Waals surface area contributed by atoms with Gasteiger partial charge in [-0.3, -0.25) is 0 Å². The van der Waals surface area contributed by atoms with Crippen LogP contribution in [0.4, 0.5) is 0 Å². The molecule has 11 heteroatoms. The second-order valence-corrected chi connectivity index (χ2v) is 13.7. The van der Waals surface area contributed by atoms with Gasteiger partial charge in [0.2, 0.25) is 6.49 Å². The molecule has 7 nitrogen and oxygen atoms in total. The summed E-state index contributed by atoms with van der Waals surface area (Å²) in [7, 11) is 12.0. The molecule has 3 heterocycles. The quantitative estimate of drug-likeness (QED) is 0.438. The lowest BCUT2D eigenvalue weighted by molar-refractivity contribution is -0.152. The van der Waals surface area contributed by atoms with Gasteiger partial charge in [0.1, 0.15) is 38.8 Å². The lowest BCUT2D eigenvalue weighted by Gasteiger charge is -2.39. The Morgan fingerprint density at radius 3 is 2.43 bits per heavy atom. The molecule has 0 aromatic heterocycles. The van der Waals surface area contributed by atoms with E-state index in [9.17, 15) is 4.89 Å². The minimum Gasteiger partial charge on any atom is -0.382 e. The number of rotatable bonds is 8. The monoisotopic (exact) mass is 458 g/mol. The molecule has 3 aliphatic rings. The third-order valence-corrected chi connectivity index (χ3v) is 9.33. The molecule has 3 fully saturated rings. The van der Waals surface area contributed by atoms with Gasteiger partial charge in [0, 0.05) is 12.0 Å². The van der Waals surface area contributed by atoms with Gasteiger partial charge in [0.25, 0.3) is 0 Å². The van der Waals surface area contributed by atoms with Crippen LogP contribution in [0.25, 0.3) is 0 Å². The predicted molar refractivity (Wildman–Crippen MR) is 118 cm³/mol. The van der Waals surface area contributed by atoms with Crippen LogP contribution in [0.15, 0.2) is 0 Å². The van der Waals surface area contributed by atoms with E-state index in [4.69, 9.17) is 55.7 Å². The van der Waals surface area contributed by atoms with Gasteiger partial charge in [0.05, 0.1) is 31.0 Å². The second-order valence-electron chi connectivity index (χ2n) is 9.83. The second kappa shape index (κ2) is 8.69. The summed E-state index contributed by atoms with van der Waals surface area (Å²) in [5.41, 5.74) is -1.35. The van der Waals surface area contributed by atoms with Crippen molar-refractivity contribution in [2.24, 2.45) is 0 Å². The molecule has 8 unspecified atom stereocenters. The van der Waals surface area contributed by atoms with Crippen LogP contribution >= 0.6 is 6.49 Å². The fraction of sp³-hybridized carbons (Fsp3) is 1.00. The van der Waals surface area contributed by atoms with Crippen molar-refractivity contribution in [1.29, 1.82) is 0 Å². The maximum absolute atomic E-state index is 11.1. The minimum atomic E-state index is -3.41. The van der Waals surface area contributed by atoms with E-state index in [0.29, 0.717) is 6.42 Å². The summed E-state index contributed by atoms with van der Waals surface area (Å²) >= 11 is 5.52. The Kier molecular flexibility index (Phi) is 7.28. The Balaban J connectivity index is 1.69. The van der Waals surface area contributed by atoms with Crippen LogP contribution in [0.3, 0.4) is 0 Å². The van der Waals surface area contributed by atoms with Crippen LogP contribution in [0.5, 0.6) is 0 Å². The molecule has 3 saturated heterocycles. The normalized spacial score (nSPS) is 41.3. The SMILES string of the molecule is [B]C1CC(OC(C)(C)P(O)(=S)OCC23COC(C([B])O2)C3OC(C)(C)C)C(CC)O1. The van der Waals surface area contributed by atoms with Gasteiger partial charge >= 0.3 is 0 Å². The van der Waals surface area contributed by atoms with Crippen LogP contribution in [0.2, 0.25) is 0 Å². The topological polar surface area (TPSA) is 75.6 Å². The van der Waals surface area contributed by atoms with E-state index in [0.717, 1.165) is 6.42 Å². The highest BCUT2D eigenvalue weighted by Gasteiger charge is 2.62. The zero-order chi connectivity index (χ0) is 22.5. The first-order valence-electron chi connectivity index (χ1n) is 10.5. The van der Waals surface area contributed by atoms with E-state index < -0.39 is 41.2 Å². The van der Waals surface area contributed by atoms with Gasteiger partial charge in [0.15, 0.2) is 0 Å². The maximum atomic E-state index is 11.1. The van der Waals surface area contributed by atoms with E-state index in [-0.39, 0.29) is 31.4 Å². The Bertz CT molecular complexity index is 676. The van der Waals surface area contributed by atoms with E-state index in [1.165, 1.54) is 0 Å². The molecule has 0 amide bonds. The molecule has 0 aromatic rings. The average Bonchev–Trinajstić information content (AvgIpc) is 3.20. The van der Waals surface area contributed by atoms with Gasteiger partial charge in [-0.15, -0.1) is 0 Å². The zero-order valence-corrected chi connectivity index (χ0v) is 20.4. The van der Waals surface area contributed by atoms with Crippen LogP contribution in [-0.4, -0.2) is 86.8 Å². The lowest BCUT2D eigenvalue weighted by Crippen LogP contribution is -2.49. The van der Waals surface area contributed by atoms with Crippen LogP contribution in [0, 0.1) is 0 Å².